The average molecular weight is 267 g/mol. The summed E-state index contributed by atoms with van der Waals surface area (Å²) in [7, 11) is 0. The maximum absolute atomic E-state index is 9.79. The molecule has 2 N–H and O–H groups in total. The van der Waals surface area contributed by atoms with Gasteiger partial charge >= 0.3 is 0 Å². The normalized spacial score (nSPS) is 18.6. The molecule has 1 unspecified atom stereocenters. The number of ether oxygens (including phenoxy) is 1. The van der Waals surface area contributed by atoms with Crippen molar-refractivity contribution in [3.05, 3.63) is 24.2 Å². The van der Waals surface area contributed by atoms with E-state index in [1.807, 2.05) is 12.1 Å². The predicted molar refractivity (Wildman–Crippen MR) is 73.8 cm³/mol. The van der Waals surface area contributed by atoms with Crippen LogP contribution in [0.4, 0.5) is 0 Å². The highest BCUT2D eigenvalue weighted by Gasteiger charge is 2.13. The van der Waals surface area contributed by atoms with E-state index in [2.05, 4.69) is 5.32 Å². The fourth-order valence-electron chi connectivity index (χ4n) is 2.59. The molecule has 4 nitrogen and oxygen atoms in total. The van der Waals surface area contributed by atoms with Crippen LogP contribution in [0.25, 0.3) is 0 Å². The topological polar surface area (TPSA) is 54.6 Å². The smallest absolute Gasteiger partial charge is 0.129 e. The summed E-state index contributed by atoms with van der Waals surface area (Å²) in [6.45, 7) is 2.40. The first-order chi connectivity index (χ1) is 9.34. The molecular formula is C15H25NO3. The molecule has 0 amide bonds. The van der Waals surface area contributed by atoms with Crippen molar-refractivity contribution in [2.24, 2.45) is 5.92 Å². The van der Waals surface area contributed by atoms with Gasteiger partial charge < -0.3 is 19.6 Å². The van der Waals surface area contributed by atoms with E-state index in [1.165, 1.54) is 32.1 Å². The summed E-state index contributed by atoms with van der Waals surface area (Å²) >= 11 is 0. The van der Waals surface area contributed by atoms with Crippen molar-refractivity contribution in [2.75, 3.05) is 19.7 Å². The Morgan fingerprint density at radius 2 is 2.21 bits per heavy atom. The molecule has 1 aromatic heterocycles. The van der Waals surface area contributed by atoms with Gasteiger partial charge in [-0.1, -0.05) is 19.3 Å². The molecule has 1 aliphatic rings. The Labute approximate surface area is 115 Å². The average Bonchev–Trinajstić information content (AvgIpc) is 2.93. The first-order valence-electron chi connectivity index (χ1n) is 7.33. The van der Waals surface area contributed by atoms with Gasteiger partial charge in [0.2, 0.25) is 0 Å². The lowest BCUT2D eigenvalue weighted by molar-refractivity contribution is 0.0222. The maximum Gasteiger partial charge on any atom is 0.129 e. The lowest BCUT2D eigenvalue weighted by atomic mass is 9.89. The van der Waals surface area contributed by atoms with E-state index in [9.17, 15) is 5.11 Å². The summed E-state index contributed by atoms with van der Waals surface area (Å²) < 4.78 is 10.6. The van der Waals surface area contributed by atoms with Crippen LogP contribution in [-0.4, -0.2) is 30.9 Å². The summed E-state index contributed by atoms with van der Waals surface area (Å²) in [5.41, 5.74) is 0. The Kier molecular flexibility index (Phi) is 6.41. The molecule has 19 heavy (non-hydrogen) atoms. The molecule has 2 rings (SSSR count). The van der Waals surface area contributed by atoms with Gasteiger partial charge in [-0.25, -0.2) is 0 Å². The zero-order valence-corrected chi connectivity index (χ0v) is 11.5. The summed E-state index contributed by atoms with van der Waals surface area (Å²) in [5.74, 6) is 1.59. The first-order valence-corrected chi connectivity index (χ1v) is 7.33. The van der Waals surface area contributed by atoms with Gasteiger partial charge in [-0.15, -0.1) is 0 Å². The number of rotatable bonds is 8. The first kappa shape index (κ1) is 14.6. The molecule has 0 aliphatic heterocycles. The van der Waals surface area contributed by atoms with E-state index in [1.54, 1.807) is 6.26 Å². The Hall–Kier alpha value is -0.840. The van der Waals surface area contributed by atoms with E-state index in [0.29, 0.717) is 19.8 Å². The van der Waals surface area contributed by atoms with Crippen molar-refractivity contribution in [3.8, 4) is 0 Å². The summed E-state index contributed by atoms with van der Waals surface area (Å²) in [6.07, 6.45) is 7.96. The second-order valence-electron chi connectivity index (χ2n) is 5.41. The number of aliphatic hydroxyl groups is 1. The fourth-order valence-corrected chi connectivity index (χ4v) is 2.59. The van der Waals surface area contributed by atoms with Gasteiger partial charge in [0.15, 0.2) is 0 Å². The molecule has 4 heteroatoms. The van der Waals surface area contributed by atoms with Gasteiger partial charge in [0.25, 0.3) is 0 Å². The number of hydrogen-bond donors (Lipinski definition) is 2. The van der Waals surface area contributed by atoms with Crippen molar-refractivity contribution in [3.63, 3.8) is 0 Å². The minimum Gasteiger partial charge on any atom is -0.467 e. The predicted octanol–water partition coefficient (Wildman–Crippen LogP) is 2.33. The molecule has 108 valence electrons. The molecule has 1 atom stereocenters. The Morgan fingerprint density at radius 3 is 2.95 bits per heavy atom. The molecule has 1 saturated carbocycles. The number of nitrogens with one attached hydrogen (secondary N) is 1. The van der Waals surface area contributed by atoms with Crippen LogP contribution in [0.5, 0.6) is 0 Å². The molecule has 0 aromatic carbocycles. The SMILES string of the molecule is OC(CNCC1CCCCC1)COCc1ccco1. The van der Waals surface area contributed by atoms with Crippen LogP contribution in [0.15, 0.2) is 22.8 Å². The minimum atomic E-state index is -0.446. The van der Waals surface area contributed by atoms with E-state index in [0.717, 1.165) is 18.2 Å². The zero-order valence-electron chi connectivity index (χ0n) is 11.5. The van der Waals surface area contributed by atoms with Crippen LogP contribution in [-0.2, 0) is 11.3 Å². The van der Waals surface area contributed by atoms with Gasteiger partial charge in [-0.2, -0.15) is 0 Å². The third-order valence-electron chi connectivity index (χ3n) is 3.67. The Bertz CT molecular complexity index is 320. The van der Waals surface area contributed by atoms with Crippen molar-refractivity contribution in [1.82, 2.24) is 5.32 Å². The monoisotopic (exact) mass is 267 g/mol. The van der Waals surface area contributed by atoms with Gasteiger partial charge in [-0.3, -0.25) is 0 Å². The molecule has 1 aliphatic carbocycles. The molecule has 0 bridgehead atoms. The highest BCUT2D eigenvalue weighted by Crippen LogP contribution is 2.22. The Morgan fingerprint density at radius 1 is 1.37 bits per heavy atom. The lowest BCUT2D eigenvalue weighted by Crippen LogP contribution is -2.34. The Balaban J connectivity index is 1.48. The number of furan rings is 1. The van der Waals surface area contributed by atoms with Crippen LogP contribution in [0.2, 0.25) is 0 Å². The van der Waals surface area contributed by atoms with Crippen molar-refractivity contribution < 1.29 is 14.3 Å². The third-order valence-corrected chi connectivity index (χ3v) is 3.67. The maximum atomic E-state index is 9.79. The summed E-state index contributed by atoms with van der Waals surface area (Å²) in [4.78, 5) is 0. The van der Waals surface area contributed by atoms with Crippen LogP contribution in [0.3, 0.4) is 0 Å². The van der Waals surface area contributed by atoms with Gasteiger partial charge in [0.05, 0.1) is 19.0 Å². The largest absolute Gasteiger partial charge is 0.467 e. The van der Waals surface area contributed by atoms with Gasteiger partial charge in [0.1, 0.15) is 12.4 Å². The fraction of sp³-hybridized carbons (Fsp3) is 0.733. The quantitative estimate of drug-likeness (QED) is 0.759. The van der Waals surface area contributed by atoms with Crippen molar-refractivity contribution in [2.45, 2.75) is 44.8 Å². The second-order valence-corrected chi connectivity index (χ2v) is 5.41. The van der Waals surface area contributed by atoms with Gasteiger partial charge in [0, 0.05) is 6.54 Å². The molecular weight excluding hydrogens is 242 g/mol. The van der Waals surface area contributed by atoms with E-state index < -0.39 is 6.10 Å². The van der Waals surface area contributed by atoms with Crippen LogP contribution < -0.4 is 5.32 Å². The molecule has 1 fully saturated rings. The summed E-state index contributed by atoms with van der Waals surface area (Å²) in [6, 6.07) is 3.70. The van der Waals surface area contributed by atoms with Crippen molar-refractivity contribution >= 4 is 0 Å². The van der Waals surface area contributed by atoms with E-state index in [-0.39, 0.29) is 0 Å². The highest BCUT2D eigenvalue weighted by atomic mass is 16.5. The summed E-state index contributed by atoms with van der Waals surface area (Å²) in [5, 5.41) is 13.1. The van der Waals surface area contributed by atoms with E-state index in [4.69, 9.17) is 9.15 Å². The number of aliphatic hydroxyl groups excluding tert-OH is 1. The van der Waals surface area contributed by atoms with E-state index >= 15 is 0 Å². The van der Waals surface area contributed by atoms with Crippen LogP contribution >= 0.6 is 0 Å². The molecule has 0 radical (unpaired) electrons. The molecule has 0 saturated heterocycles. The van der Waals surface area contributed by atoms with Crippen LogP contribution in [0, 0.1) is 5.92 Å². The minimum absolute atomic E-state index is 0.346. The number of hydrogen-bond acceptors (Lipinski definition) is 4. The van der Waals surface area contributed by atoms with Crippen LogP contribution in [0.1, 0.15) is 37.9 Å². The molecule has 1 aromatic rings. The van der Waals surface area contributed by atoms with Gasteiger partial charge in [-0.05, 0) is 37.4 Å². The molecule has 0 spiro atoms. The third kappa shape index (κ3) is 5.76. The molecule has 1 heterocycles. The standard InChI is InChI=1S/C15H25NO3/c17-14(11-18-12-15-7-4-8-19-15)10-16-9-13-5-2-1-3-6-13/h4,7-8,13-14,16-17H,1-3,5-6,9-12H2. The second kappa shape index (κ2) is 8.35. The highest BCUT2D eigenvalue weighted by molar-refractivity contribution is 4.96. The zero-order chi connectivity index (χ0) is 13.3. The lowest BCUT2D eigenvalue weighted by Gasteiger charge is -2.22. The van der Waals surface area contributed by atoms with Crippen molar-refractivity contribution in [1.29, 1.82) is 0 Å².